The Labute approximate surface area is 106 Å². The Hall–Kier alpha value is -1.20. The molecule has 0 spiro atoms. The summed E-state index contributed by atoms with van der Waals surface area (Å²) < 4.78 is 33.2. The van der Waals surface area contributed by atoms with E-state index >= 15 is 0 Å². The molecular weight excluding hydrogens is 238 g/mol. The number of anilines is 1. The van der Waals surface area contributed by atoms with E-state index in [2.05, 4.69) is 0 Å². The molecule has 1 aliphatic rings. The summed E-state index contributed by atoms with van der Waals surface area (Å²) in [6, 6.07) is 2.56. The molecule has 3 nitrogen and oxygen atoms in total. The average molecular weight is 256 g/mol. The van der Waals surface area contributed by atoms with Gasteiger partial charge in [0, 0.05) is 26.7 Å². The number of rotatable bonds is 4. The second-order valence-electron chi connectivity index (χ2n) is 4.63. The quantitative estimate of drug-likeness (QED) is 0.896. The first-order chi connectivity index (χ1) is 8.61. The molecule has 18 heavy (non-hydrogen) atoms. The maximum Gasteiger partial charge on any atom is 0.149 e. The summed E-state index contributed by atoms with van der Waals surface area (Å²) in [6.45, 7) is 1.36. The van der Waals surface area contributed by atoms with Crippen LogP contribution in [0.25, 0.3) is 0 Å². The lowest BCUT2D eigenvalue weighted by atomic mass is 10.1. The van der Waals surface area contributed by atoms with E-state index < -0.39 is 11.6 Å². The van der Waals surface area contributed by atoms with Crippen LogP contribution in [0.1, 0.15) is 18.4 Å². The third-order valence-corrected chi connectivity index (χ3v) is 3.20. The molecule has 0 aliphatic carbocycles. The van der Waals surface area contributed by atoms with Gasteiger partial charge in [0.15, 0.2) is 0 Å². The fourth-order valence-electron chi connectivity index (χ4n) is 2.29. The zero-order chi connectivity index (χ0) is 13.1. The molecule has 1 aromatic rings. The Bertz CT molecular complexity index is 396. The summed E-state index contributed by atoms with van der Waals surface area (Å²) in [7, 11) is 1.67. The highest BCUT2D eigenvalue weighted by atomic mass is 19.1. The Morgan fingerprint density at radius 2 is 2.06 bits per heavy atom. The lowest BCUT2D eigenvalue weighted by molar-refractivity contribution is 0.116. The normalized spacial score (nSPS) is 19.2. The summed E-state index contributed by atoms with van der Waals surface area (Å²) in [5, 5.41) is 0. The molecule has 1 aliphatic heterocycles. The number of likely N-dealkylation sites (N-methyl/N-ethyl adjacent to an activating group) is 1. The van der Waals surface area contributed by atoms with Crippen molar-refractivity contribution in [2.45, 2.75) is 25.5 Å². The predicted octanol–water partition coefficient (Wildman–Crippen LogP) is 2.04. The molecule has 1 atom stereocenters. The molecule has 1 aromatic carbocycles. The monoisotopic (exact) mass is 256 g/mol. The van der Waals surface area contributed by atoms with Crippen molar-refractivity contribution in [3.05, 3.63) is 29.3 Å². The number of nitrogens with two attached hydrogens (primary N) is 1. The van der Waals surface area contributed by atoms with Gasteiger partial charge in [-0.3, -0.25) is 0 Å². The van der Waals surface area contributed by atoms with Gasteiger partial charge in [-0.25, -0.2) is 8.78 Å². The van der Waals surface area contributed by atoms with Crippen molar-refractivity contribution in [3.63, 3.8) is 0 Å². The van der Waals surface area contributed by atoms with E-state index in [0.29, 0.717) is 12.1 Å². The largest absolute Gasteiger partial charge is 0.376 e. The lowest BCUT2D eigenvalue weighted by Gasteiger charge is -2.24. The van der Waals surface area contributed by atoms with Gasteiger partial charge in [-0.05, 0) is 30.5 Å². The van der Waals surface area contributed by atoms with Crippen LogP contribution in [0.2, 0.25) is 0 Å². The van der Waals surface area contributed by atoms with Crippen molar-refractivity contribution in [2.24, 2.45) is 5.73 Å². The van der Waals surface area contributed by atoms with Crippen molar-refractivity contribution in [3.8, 4) is 0 Å². The van der Waals surface area contributed by atoms with E-state index in [4.69, 9.17) is 10.5 Å². The molecule has 1 saturated heterocycles. The van der Waals surface area contributed by atoms with Crippen LogP contribution >= 0.6 is 0 Å². The van der Waals surface area contributed by atoms with Crippen molar-refractivity contribution in [2.75, 3.05) is 25.1 Å². The van der Waals surface area contributed by atoms with Gasteiger partial charge in [0.05, 0.1) is 6.10 Å². The summed E-state index contributed by atoms with van der Waals surface area (Å²) in [6.07, 6.45) is 2.01. The third-order valence-electron chi connectivity index (χ3n) is 3.20. The van der Waals surface area contributed by atoms with Gasteiger partial charge in [-0.2, -0.15) is 0 Å². The maximum atomic E-state index is 13.8. The Morgan fingerprint density at radius 1 is 1.39 bits per heavy atom. The third kappa shape index (κ3) is 2.79. The van der Waals surface area contributed by atoms with Gasteiger partial charge in [0.2, 0.25) is 0 Å². The SMILES string of the molecule is CN(CC1CCCO1)c1c(F)cc(CN)cc1F. The minimum Gasteiger partial charge on any atom is -0.376 e. The molecule has 2 N–H and O–H groups in total. The van der Waals surface area contributed by atoms with Crippen molar-refractivity contribution in [1.82, 2.24) is 0 Å². The maximum absolute atomic E-state index is 13.8. The fourth-order valence-corrected chi connectivity index (χ4v) is 2.29. The topological polar surface area (TPSA) is 38.5 Å². The Morgan fingerprint density at radius 3 is 2.56 bits per heavy atom. The number of nitrogens with zero attached hydrogens (tertiary/aromatic N) is 1. The molecule has 0 aromatic heterocycles. The van der Waals surface area contributed by atoms with Crippen LogP contribution in [0, 0.1) is 11.6 Å². The first-order valence-corrected chi connectivity index (χ1v) is 6.12. The smallest absolute Gasteiger partial charge is 0.149 e. The van der Waals surface area contributed by atoms with E-state index in [1.165, 1.54) is 12.1 Å². The zero-order valence-electron chi connectivity index (χ0n) is 10.5. The van der Waals surface area contributed by atoms with Crippen molar-refractivity contribution < 1.29 is 13.5 Å². The molecule has 1 fully saturated rings. The molecular formula is C13H18F2N2O. The minimum absolute atomic E-state index is 0.0114. The summed E-state index contributed by atoms with van der Waals surface area (Å²) in [5.41, 5.74) is 5.83. The van der Waals surface area contributed by atoms with E-state index in [9.17, 15) is 8.78 Å². The molecule has 0 radical (unpaired) electrons. The second-order valence-corrected chi connectivity index (χ2v) is 4.63. The molecule has 5 heteroatoms. The van der Waals surface area contributed by atoms with Crippen LogP contribution in [0.5, 0.6) is 0 Å². The predicted molar refractivity (Wildman–Crippen MR) is 66.5 cm³/mol. The van der Waals surface area contributed by atoms with E-state index in [0.717, 1.165) is 19.4 Å². The molecule has 0 saturated carbocycles. The first-order valence-electron chi connectivity index (χ1n) is 6.12. The summed E-state index contributed by atoms with van der Waals surface area (Å²) >= 11 is 0. The number of ether oxygens (including phenoxy) is 1. The Balaban J connectivity index is 2.15. The number of hydrogen-bond acceptors (Lipinski definition) is 3. The van der Waals surface area contributed by atoms with Gasteiger partial charge in [-0.1, -0.05) is 0 Å². The van der Waals surface area contributed by atoms with Crippen LogP contribution in [0.4, 0.5) is 14.5 Å². The number of hydrogen-bond donors (Lipinski definition) is 1. The van der Waals surface area contributed by atoms with Crippen LogP contribution in [-0.4, -0.2) is 26.3 Å². The average Bonchev–Trinajstić information content (AvgIpc) is 2.80. The van der Waals surface area contributed by atoms with Gasteiger partial charge < -0.3 is 15.4 Å². The van der Waals surface area contributed by atoms with Gasteiger partial charge in [-0.15, -0.1) is 0 Å². The number of benzene rings is 1. The summed E-state index contributed by atoms with van der Waals surface area (Å²) in [5.74, 6) is -1.15. The Kier molecular flexibility index (Phi) is 4.14. The molecule has 2 rings (SSSR count). The van der Waals surface area contributed by atoms with Crippen LogP contribution in [0.3, 0.4) is 0 Å². The lowest BCUT2D eigenvalue weighted by Crippen LogP contribution is -2.30. The van der Waals surface area contributed by atoms with Crippen molar-refractivity contribution >= 4 is 5.69 Å². The van der Waals surface area contributed by atoms with Crippen molar-refractivity contribution in [1.29, 1.82) is 0 Å². The highest BCUT2D eigenvalue weighted by molar-refractivity contribution is 5.50. The molecule has 1 unspecified atom stereocenters. The first kappa shape index (κ1) is 13.2. The van der Waals surface area contributed by atoms with Gasteiger partial charge >= 0.3 is 0 Å². The van der Waals surface area contributed by atoms with Crippen LogP contribution < -0.4 is 10.6 Å². The van der Waals surface area contributed by atoms with Crippen LogP contribution in [0.15, 0.2) is 12.1 Å². The van der Waals surface area contributed by atoms with E-state index in [-0.39, 0.29) is 18.3 Å². The van der Waals surface area contributed by atoms with Gasteiger partial charge in [0.25, 0.3) is 0 Å². The minimum atomic E-state index is -0.573. The van der Waals surface area contributed by atoms with Gasteiger partial charge in [0.1, 0.15) is 17.3 Å². The van der Waals surface area contributed by atoms with Crippen LogP contribution in [-0.2, 0) is 11.3 Å². The fraction of sp³-hybridized carbons (Fsp3) is 0.538. The second kappa shape index (κ2) is 5.63. The highest BCUT2D eigenvalue weighted by Gasteiger charge is 2.21. The van der Waals surface area contributed by atoms with E-state index in [1.54, 1.807) is 11.9 Å². The molecule has 100 valence electrons. The molecule has 0 bridgehead atoms. The standard InChI is InChI=1S/C13H18F2N2O/c1-17(8-10-3-2-4-18-10)13-11(14)5-9(7-16)6-12(13)15/h5-6,10H,2-4,7-8,16H2,1H3. The summed E-state index contributed by atoms with van der Waals surface area (Å²) in [4.78, 5) is 1.57. The van der Waals surface area contributed by atoms with E-state index in [1.807, 2.05) is 0 Å². The molecule has 1 heterocycles. The highest BCUT2D eigenvalue weighted by Crippen LogP contribution is 2.25. The molecule has 0 amide bonds. The number of halogens is 2. The zero-order valence-corrected chi connectivity index (χ0v) is 10.5.